The van der Waals surface area contributed by atoms with Crippen molar-refractivity contribution >= 4 is 23.6 Å². The van der Waals surface area contributed by atoms with E-state index in [1.807, 2.05) is 0 Å². The molecule has 0 aliphatic carbocycles. The molecule has 0 bridgehead atoms. The summed E-state index contributed by atoms with van der Waals surface area (Å²) in [5.74, 6) is 0.0219. The van der Waals surface area contributed by atoms with Crippen molar-refractivity contribution in [2.75, 3.05) is 26.3 Å². The van der Waals surface area contributed by atoms with Gasteiger partial charge in [0.05, 0.1) is 18.8 Å². The monoisotopic (exact) mass is 389 g/mol. The Morgan fingerprint density at radius 1 is 1.19 bits per heavy atom. The Kier molecular flexibility index (Phi) is 5.89. The van der Waals surface area contributed by atoms with Gasteiger partial charge < -0.3 is 14.4 Å². The van der Waals surface area contributed by atoms with E-state index in [9.17, 15) is 18.0 Å². The number of ether oxygens (including phenoxy) is 2. The molecule has 0 saturated carbocycles. The first-order chi connectivity index (χ1) is 12.3. The molecule has 3 rings (SSSR count). The first-order valence-electron chi connectivity index (χ1n) is 8.41. The van der Waals surface area contributed by atoms with Gasteiger partial charge in [-0.1, -0.05) is 11.6 Å². The van der Waals surface area contributed by atoms with Crippen LogP contribution < -0.4 is 0 Å². The van der Waals surface area contributed by atoms with E-state index in [1.54, 1.807) is 4.90 Å². The zero-order valence-corrected chi connectivity index (χ0v) is 14.7. The Balaban J connectivity index is 1.60. The summed E-state index contributed by atoms with van der Waals surface area (Å²) in [6.45, 7) is 2.33. The van der Waals surface area contributed by atoms with E-state index in [1.165, 1.54) is 18.2 Å². The van der Waals surface area contributed by atoms with E-state index >= 15 is 0 Å². The topological polar surface area (TPSA) is 38.8 Å². The number of nitrogens with zero attached hydrogens (tertiary/aromatic N) is 1. The van der Waals surface area contributed by atoms with Crippen molar-refractivity contribution in [3.05, 3.63) is 40.4 Å². The van der Waals surface area contributed by atoms with Gasteiger partial charge in [-0.2, -0.15) is 13.2 Å². The largest absolute Gasteiger partial charge is 0.416 e. The maximum Gasteiger partial charge on any atom is 0.416 e. The maximum absolute atomic E-state index is 12.8. The predicted octanol–water partition coefficient (Wildman–Crippen LogP) is 3.98. The normalized spacial score (nSPS) is 20.2. The highest BCUT2D eigenvalue weighted by molar-refractivity contribution is 6.32. The number of piperidine rings is 1. The van der Waals surface area contributed by atoms with E-state index in [4.69, 9.17) is 21.1 Å². The molecule has 2 heterocycles. The number of carbonyl (C=O) groups is 1. The molecule has 1 amide bonds. The number of hydrogen-bond acceptors (Lipinski definition) is 3. The van der Waals surface area contributed by atoms with Crippen molar-refractivity contribution in [3.63, 3.8) is 0 Å². The molecule has 0 spiro atoms. The van der Waals surface area contributed by atoms with Gasteiger partial charge in [0.1, 0.15) is 0 Å². The average molecular weight is 390 g/mol. The lowest BCUT2D eigenvalue weighted by atomic mass is 9.96. The van der Waals surface area contributed by atoms with Crippen LogP contribution in [0, 0.1) is 5.92 Å². The van der Waals surface area contributed by atoms with Gasteiger partial charge in [0.2, 0.25) is 5.91 Å². The minimum absolute atomic E-state index is 0.163. The fraction of sp³-hybridized carbons (Fsp3) is 0.500. The van der Waals surface area contributed by atoms with Gasteiger partial charge in [-0.25, -0.2) is 0 Å². The first kappa shape index (κ1) is 19.2. The van der Waals surface area contributed by atoms with Gasteiger partial charge in [-0.15, -0.1) is 0 Å². The maximum atomic E-state index is 12.8. The third-order valence-corrected chi connectivity index (χ3v) is 4.96. The van der Waals surface area contributed by atoms with Gasteiger partial charge >= 0.3 is 6.18 Å². The molecule has 26 heavy (non-hydrogen) atoms. The zero-order valence-electron chi connectivity index (χ0n) is 14.0. The molecule has 2 aliphatic rings. The molecule has 0 unspecified atom stereocenters. The SMILES string of the molecule is O=C(/C=C/c1cc(C(F)(F)F)ccc1Cl)N1CCC(C2OCCO2)CC1. The number of hydrogen-bond donors (Lipinski definition) is 0. The first-order valence-corrected chi connectivity index (χ1v) is 8.79. The summed E-state index contributed by atoms with van der Waals surface area (Å²) >= 11 is 5.94. The molecule has 4 nitrogen and oxygen atoms in total. The summed E-state index contributed by atoms with van der Waals surface area (Å²) in [7, 11) is 0. The van der Waals surface area contributed by atoms with Gasteiger partial charge in [0, 0.05) is 30.1 Å². The fourth-order valence-electron chi connectivity index (χ4n) is 3.16. The average Bonchev–Trinajstić information content (AvgIpc) is 3.14. The molecular weight excluding hydrogens is 371 g/mol. The Bertz CT molecular complexity index is 679. The Labute approximate surface area is 154 Å². The molecule has 0 N–H and O–H groups in total. The number of alkyl halides is 3. The van der Waals surface area contributed by atoms with E-state index in [0.717, 1.165) is 25.0 Å². The van der Waals surface area contributed by atoms with Crippen LogP contribution in [-0.2, 0) is 20.4 Å². The number of amides is 1. The summed E-state index contributed by atoms with van der Waals surface area (Å²) in [6, 6.07) is 3.04. The van der Waals surface area contributed by atoms with Crippen LogP contribution in [0.5, 0.6) is 0 Å². The van der Waals surface area contributed by atoms with E-state index in [-0.39, 0.29) is 28.7 Å². The van der Waals surface area contributed by atoms with Crippen molar-refractivity contribution in [2.24, 2.45) is 5.92 Å². The van der Waals surface area contributed by atoms with Crippen LogP contribution in [0.1, 0.15) is 24.0 Å². The molecule has 142 valence electrons. The number of carbonyl (C=O) groups excluding carboxylic acids is 1. The van der Waals surface area contributed by atoms with E-state index in [2.05, 4.69) is 0 Å². The summed E-state index contributed by atoms with van der Waals surface area (Å²) in [5.41, 5.74) is -0.635. The molecule has 2 fully saturated rings. The molecule has 2 saturated heterocycles. The smallest absolute Gasteiger partial charge is 0.350 e. The number of benzene rings is 1. The van der Waals surface area contributed by atoms with Gasteiger partial charge in [-0.05, 0) is 42.7 Å². The number of rotatable bonds is 3. The molecule has 1 aromatic rings. The molecule has 1 aromatic carbocycles. The lowest BCUT2D eigenvalue weighted by molar-refractivity contribution is -0.137. The molecular formula is C18H19ClF3NO3. The highest BCUT2D eigenvalue weighted by Gasteiger charge is 2.32. The lowest BCUT2D eigenvalue weighted by Crippen LogP contribution is -2.40. The van der Waals surface area contributed by atoms with Crippen LogP contribution in [0.2, 0.25) is 5.02 Å². The minimum atomic E-state index is -4.45. The van der Waals surface area contributed by atoms with Crippen LogP contribution in [0.4, 0.5) is 13.2 Å². The fourth-order valence-corrected chi connectivity index (χ4v) is 3.34. The molecule has 8 heteroatoms. The Morgan fingerprint density at radius 3 is 2.46 bits per heavy atom. The third-order valence-electron chi connectivity index (χ3n) is 4.61. The second-order valence-corrected chi connectivity index (χ2v) is 6.75. The number of likely N-dealkylation sites (tertiary alicyclic amines) is 1. The van der Waals surface area contributed by atoms with E-state index < -0.39 is 11.7 Å². The summed E-state index contributed by atoms with van der Waals surface area (Å²) in [6.07, 6.45) is -0.502. The standard InChI is InChI=1S/C18H19ClF3NO3/c19-15-3-2-14(18(20,21)22)11-13(15)1-4-16(24)23-7-5-12(6-8-23)17-25-9-10-26-17/h1-4,11-12,17H,5-10H2/b4-1+. The van der Waals surface area contributed by atoms with Gasteiger partial charge in [0.25, 0.3) is 0 Å². The summed E-state index contributed by atoms with van der Waals surface area (Å²) in [4.78, 5) is 14.0. The summed E-state index contributed by atoms with van der Waals surface area (Å²) < 4.78 is 49.4. The lowest BCUT2D eigenvalue weighted by Gasteiger charge is -2.33. The van der Waals surface area contributed by atoms with Gasteiger partial charge in [-0.3, -0.25) is 4.79 Å². The zero-order chi connectivity index (χ0) is 18.7. The van der Waals surface area contributed by atoms with Crippen molar-refractivity contribution in [2.45, 2.75) is 25.3 Å². The predicted molar refractivity (Wildman–Crippen MR) is 90.5 cm³/mol. The van der Waals surface area contributed by atoms with Crippen LogP contribution >= 0.6 is 11.6 Å². The second kappa shape index (κ2) is 7.98. The van der Waals surface area contributed by atoms with Crippen molar-refractivity contribution < 1.29 is 27.4 Å². The molecule has 0 radical (unpaired) electrons. The van der Waals surface area contributed by atoms with Crippen LogP contribution in [-0.4, -0.2) is 43.4 Å². The highest BCUT2D eigenvalue weighted by Crippen LogP contribution is 2.32. The Morgan fingerprint density at radius 2 is 1.85 bits per heavy atom. The third kappa shape index (κ3) is 4.58. The Hall–Kier alpha value is -1.57. The molecule has 0 atom stereocenters. The molecule has 0 aromatic heterocycles. The van der Waals surface area contributed by atoms with Gasteiger partial charge in [0.15, 0.2) is 6.29 Å². The second-order valence-electron chi connectivity index (χ2n) is 6.34. The highest BCUT2D eigenvalue weighted by atomic mass is 35.5. The minimum Gasteiger partial charge on any atom is -0.350 e. The quantitative estimate of drug-likeness (QED) is 0.734. The van der Waals surface area contributed by atoms with Crippen molar-refractivity contribution in [1.29, 1.82) is 0 Å². The molecule has 2 aliphatic heterocycles. The van der Waals surface area contributed by atoms with Crippen LogP contribution in [0.15, 0.2) is 24.3 Å². The van der Waals surface area contributed by atoms with Crippen molar-refractivity contribution in [1.82, 2.24) is 4.90 Å². The van der Waals surface area contributed by atoms with E-state index in [0.29, 0.717) is 26.3 Å². The van der Waals surface area contributed by atoms with Crippen LogP contribution in [0.3, 0.4) is 0 Å². The van der Waals surface area contributed by atoms with Crippen molar-refractivity contribution in [3.8, 4) is 0 Å². The van der Waals surface area contributed by atoms with Crippen LogP contribution in [0.25, 0.3) is 6.08 Å². The number of halogens is 4. The summed E-state index contributed by atoms with van der Waals surface area (Å²) in [5, 5.41) is 0.163.